The predicted octanol–water partition coefficient (Wildman–Crippen LogP) is 8.36. The Hall–Kier alpha value is -4.15. The standard InChI is InChI=1S/C31H23Cl3N2O4/c1-38-29-16-22(15-28(34)30(29)40-19-21-3-2-4-25(33)14-21)13-23(17-35)31(37)36-26-9-11-27(12-10-26)39-18-20-5-7-24(32)8-6-20/h2-16H,18-19H2,1H3,(H,36,37)/b23-13+. The molecule has 9 heteroatoms. The van der Waals surface area contributed by atoms with Gasteiger partial charge in [-0.05, 0) is 83.4 Å². The third-order valence-corrected chi connectivity index (χ3v) is 6.40. The lowest BCUT2D eigenvalue weighted by Gasteiger charge is -2.14. The Morgan fingerprint density at radius 1 is 0.875 bits per heavy atom. The van der Waals surface area contributed by atoms with Crippen LogP contribution in [0.15, 0.2) is 90.5 Å². The van der Waals surface area contributed by atoms with Crippen molar-refractivity contribution in [2.24, 2.45) is 0 Å². The summed E-state index contributed by atoms with van der Waals surface area (Å²) in [4.78, 5) is 12.8. The van der Waals surface area contributed by atoms with E-state index in [0.717, 1.165) is 11.1 Å². The molecule has 0 aliphatic carbocycles. The molecule has 0 saturated heterocycles. The summed E-state index contributed by atoms with van der Waals surface area (Å²) in [5.74, 6) is 0.743. The van der Waals surface area contributed by atoms with Crippen molar-refractivity contribution in [2.45, 2.75) is 13.2 Å². The second kappa shape index (κ2) is 13.8. The Bertz CT molecular complexity index is 1560. The molecule has 6 nitrogen and oxygen atoms in total. The Labute approximate surface area is 247 Å². The van der Waals surface area contributed by atoms with Gasteiger partial charge in [-0.2, -0.15) is 5.26 Å². The number of anilines is 1. The maximum absolute atomic E-state index is 12.8. The molecule has 0 aromatic heterocycles. The number of hydrogen-bond acceptors (Lipinski definition) is 5. The molecule has 4 rings (SSSR count). The van der Waals surface area contributed by atoms with Crippen LogP contribution in [0.1, 0.15) is 16.7 Å². The lowest BCUT2D eigenvalue weighted by molar-refractivity contribution is -0.112. The van der Waals surface area contributed by atoms with Gasteiger partial charge in [0.2, 0.25) is 0 Å². The Kier molecular flexibility index (Phi) is 9.93. The smallest absolute Gasteiger partial charge is 0.266 e. The van der Waals surface area contributed by atoms with Crippen molar-refractivity contribution in [3.8, 4) is 23.3 Å². The van der Waals surface area contributed by atoms with Crippen molar-refractivity contribution in [3.05, 3.63) is 122 Å². The van der Waals surface area contributed by atoms with Crippen molar-refractivity contribution in [2.75, 3.05) is 12.4 Å². The Balaban J connectivity index is 1.41. The van der Waals surface area contributed by atoms with E-state index in [-0.39, 0.29) is 17.2 Å². The maximum atomic E-state index is 12.8. The average molecular weight is 594 g/mol. The number of nitrogens with zero attached hydrogens (tertiary/aromatic N) is 1. The summed E-state index contributed by atoms with van der Waals surface area (Å²) in [6.45, 7) is 0.600. The van der Waals surface area contributed by atoms with Crippen molar-refractivity contribution in [1.29, 1.82) is 5.26 Å². The minimum Gasteiger partial charge on any atom is -0.493 e. The molecule has 0 unspecified atom stereocenters. The van der Waals surface area contributed by atoms with E-state index in [4.69, 9.17) is 49.0 Å². The summed E-state index contributed by atoms with van der Waals surface area (Å²) < 4.78 is 17.1. The second-order valence-electron chi connectivity index (χ2n) is 8.52. The molecule has 0 radical (unpaired) electrons. The van der Waals surface area contributed by atoms with Crippen molar-refractivity contribution in [1.82, 2.24) is 0 Å². The number of carbonyl (C=O) groups excluding carboxylic acids is 1. The van der Waals surface area contributed by atoms with Gasteiger partial charge in [0.25, 0.3) is 5.91 Å². The summed E-state index contributed by atoms with van der Waals surface area (Å²) in [7, 11) is 1.48. The molecule has 0 fully saturated rings. The molecule has 0 spiro atoms. The van der Waals surface area contributed by atoms with E-state index < -0.39 is 5.91 Å². The van der Waals surface area contributed by atoms with E-state index in [1.54, 1.807) is 60.7 Å². The van der Waals surface area contributed by atoms with Crippen LogP contribution in [0.5, 0.6) is 17.2 Å². The monoisotopic (exact) mass is 592 g/mol. The number of amides is 1. The molecule has 0 atom stereocenters. The molecule has 0 bridgehead atoms. The zero-order chi connectivity index (χ0) is 28.5. The van der Waals surface area contributed by atoms with Gasteiger partial charge in [0, 0.05) is 15.7 Å². The van der Waals surface area contributed by atoms with E-state index in [0.29, 0.717) is 45.2 Å². The van der Waals surface area contributed by atoms with Crippen LogP contribution in [0.4, 0.5) is 5.69 Å². The molecular formula is C31H23Cl3N2O4. The Morgan fingerprint density at radius 3 is 2.27 bits per heavy atom. The van der Waals surface area contributed by atoms with Crippen LogP contribution in [0.3, 0.4) is 0 Å². The minimum absolute atomic E-state index is 0.117. The lowest BCUT2D eigenvalue weighted by atomic mass is 10.1. The molecule has 0 saturated carbocycles. The first-order valence-corrected chi connectivity index (χ1v) is 13.1. The van der Waals surface area contributed by atoms with Crippen LogP contribution in [0.2, 0.25) is 15.1 Å². The number of ether oxygens (including phenoxy) is 3. The molecule has 1 N–H and O–H groups in total. The van der Waals surface area contributed by atoms with Crippen molar-refractivity contribution >= 4 is 52.5 Å². The van der Waals surface area contributed by atoms with Gasteiger partial charge in [0.15, 0.2) is 11.5 Å². The van der Waals surface area contributed by atoms with E-state index >= 15 is 0 Å². The molecule has 1 amide bonds. The van der Waals surface area contributed by atoms with Crippen LogP contribution in [0, 0.1) is 11.3 Å². The number of carbonyl (C=O) groups is 1. The maximum Gasteiger partial charge on any atom is 0.266 e. The number of rotatable bonds is 10. The van der Waals surface area contributed by atoms with Crippen LogP contribution >= 0.6 is 34.8 Å². The molecule has 4 aromatic carbocycles. The number of nitriles is 1. The fourth-order valence-electron chi connectivity index (χ4n) is 3.64. The van der Waals surface area contributed by atoms with Gasteiger partial charge in [-0.25, -0.2) is 0 Å². The van der Waals surface area contributed by atoms with Gasteiger partial charge in [-0.15, -0.1) is 0 Å². The van der Waals surface area contributed by atoms with Gasteiger partial charge in [0.1, 0.15) is 30.6 Å². The number of hydrogen-bond donors (Lipinski definition) is 1. The lowest BCUT2D eigenvalue weighted by Crippen LogP contribution is -2.13. The molecule has 4 aromatic rings. The van der Waals surface area contributed by atoms with Crippen LogP contribution in [0.25, 0.3) is 6.08 Å². The zero-order valence-electron chi connectivity index (χ0n) is 21.3. The van der Waals surface area contributed by atoms with Gasteiger partial charge >= 0.3 is 0 Å². The average Bonchev–Trinajstić information content (AvgIpc) is 2.95. The molecule has 0 aliphatic rings. The summed E-state index contributed by atoms with van der Waals surface area (Å²) in [5.41, 5.74) is 2.72. The first kappa shape index (κ1) is 28.8. The largest absolute Gasteiger partial charge is 0.493 e. The summed E-state index contributed by atoms with van der Waals surface area (Å²) in [6, 6.07) is 26.6. The first-order valence-electron chi connectivity index (χ1n) is 12.0. The predicted molar refractivity (Wildman–Crippen MR) is 158 cm³/mol. The quantitative estimate of drug-likeness (QED) is 0.148. The van der Waals surface area contributed by atoms with Crippen LogP contribution in [-0.4, -0.2) is 13.0 Å². The first-order chi connectivity index (χ1) is 19.3. The molecule has 0 aliphatic heterocycles. The van der Waals surface area contributed by atoms with Crippen molar-refractivity contribution in [3.63, 3.8) is 0 Å². The highest BCUT2D eigenvalue weighted by molar-refractivity contribution is 6.32. The highest BCUT2D eigenvalue weighted by Gasteiger charge is 2.15. The Morgan fingerprint density at radius 2 is 1.60 bits per heavy atom. The minimum atomic E-state index is -0.575. The highest BCUT2D eigenvalue weighted by Crippen LogP contribution is 2.37. The highest BCUT2D eigenvalue weighted by atomic mass is 35.5. The third kappa shape index (κ3) is 7.93. The van der Waals surface area contributed by atoms with E-state index in [2.05, 4.69) is 5.32 Å². The zero-order valence-corrected chi connectivity index (χ0v) is 23.6. The topological polar surface area (TPSA) is 80.6 Å². The SMILES string of the molecule is COc1cc(/C=C(\C#N)C(=O)Nc2ccc(OCc3ccc(Cl)cc3)cc2)cc(Cl)c1OCc1cccc(Cl)c1. The van der Waals surface area contributed by atoms with Crippen LogP contribution < -0.4 is 19.5 Å². The number of halogens is 3. The van der Waals surface area contributed by atoms with Crippen molar-refractivity contribution < 1.29 is 19.0 Å². The summed E-state index contributed by atoms with van der Waals surface area (Å²) in [5, 5.41) is 13.9. The normalized spacial score (nSPS) is 10.9. The van der Waals surface area contributed by atoms with Crippen LogP contribution in [-0.2, 0) is 18.0 Å². The van der Waals surface area contributed by atoms with Gasteiger partial charge in [-0.3, -0.25) is 4.79 Å². The van der Waals surface area contributed by atoms with Gasteiger partial charge in [-0.1, -0.05) is 59.1 Å². The molecule has 202 valence electrons. The van der Waals surface area contributed by atoms with Gasteiger partial charge in [0.05, 0.1) is 12.1 Å². The molecular weight excluding hydrogens is 571 g/mol. The number of benzene rings is 4. The van der Waals surface area contributed by atoms with Gasteiger partial charge < -0.3 is 19.5 Å². The molecule has 0 heterocycles. The fraction of sp³-hybridized carbons (Fsp3) is 0.0968. The molecule has 40 heavy (non-hydrogen) atoms. The fourth-order valence-corrected chi connectivity index (χ4v) is 4.25. The number of nitrogens with one attached hydrogen (secondary N) is 1. The second-order valence-corrected chi connectivity index (χ2v) is 9.80. The van der Waals surface area contributed by atoms with E-state index in [1.165, 1.54) is 13.2 Å². The van der Waals surface area contributed by atoms with E-state index in [9.17, 15) is 10.1 Å². The summed E-state index contributed by atoms with van der Waals surface area (Å²) in [6.07, 6.45) is 1.42. The number of methoxy groups -OCH3 is 1. The third-order valence-electron chi connectivity index (χ3n) is 5.63. The summed E-state index contributed by atoms with van der Waals surface area (Å²) >= 11 is 18.4. The van der Waals surface area contributed by atoms with E-state index in [1.807, 2.05) is 30.3 Å².